The first-order valence-electron chi connectivity index (χ1n) is 7.63. The molecule has 2 nitrogen and oxygen atoms in total. The van der Waals surface area contributed by atoms with Crippen LogP contribution in [-0.2, 0) is 0 Å². The molecule has 0 spiro atoms. The van der Waals surface area contributed by atoms with Crippen molar-refractivity contribution < 1.29 is 0 Å². The Kier molecular flexibility index (Phi) is 4.48. The summed E-state index contributed by atoms with van der Waals surface area (Å²) >= 11 is 0. The lowest BCUT2D eigenvalue weighted by Gasteiger charge is -2.40. The number of hydrogen-bond acceptors (Lipinski definition) is 2. The van der Waals surface area contributed by atoms with Crippen LogP contribution >= 0.6 is 0 Å². The highest BCUT2D eigenvalue weighted by atomic mass is 15.1. The number of hydrogen-bond donors (Lipinski definition) is 1. The van der Waals surface area contributed by atoms with Crippen LogP contribution in [-0.4, -0.2) is 36.6 Å². The molecule has 0 aromatic heterocycles. The van der Waals surface area contributed by atoms with E-state index in [-0.39, 0.29) is 0 Å². The van der Waals surface area contributed by atoms with Crippen molar-refractivity contribution in [1.29, 1.82) is 0 Å². The van der Waals surface area contributed by atoms with E-state index in [0.29, 0.717) is 5.54 Å². The number of likely N-dealkylation sites (tertiary alicyclic amines) is 1. The fraction of sp³-hybridized carbons (Fsp3) is 1.00. The van der Waals surface area contributed by atoms with Gasteiger partial charge in [-0.3, -0.25) is 0 Å². The quantitative estimate of drug-likeness (QED) is 0.810. The SMILES string of the molecule is CCN1CCCC(CC2(C(C)C)CCCN2)C1. The minimum absolute atomic E-state index is 0.460. The van der Waals surface area contributed by atoms with Gasteiger partial charge >= 0.3 is 0 Å². The van der Waals surface area contributed by atoms with Crippen LogP contribution in [0.4, 0.5) is 0 Å². The van der Waals surface area contributed by atoms with Gasteiger partial charge in [0.15, 0.2) is 0 Å². The second-order valence-corrected chi connectivity index (χ2v) is 6.45. The Morgan fingerprint density at radius 3 is 2.76 bits per heavy atom. The molecular formula is C15H30N2. The molecule has 2 rings (SSSR count). The zero-order valence-corrected chi connectivity index (χ0v) is 12.0. The molecule has 2 saturated heterocycles. The molecule has 2 aliphatic rings. The maximum atomic E-state index is 3.83. The van der Waals surface area contributed by atoms with Gasteiger partial charge in [-0.1, -0.05) is 20.8 Å². The van der Waals surface area contributed by atoms with Crippen molar-refractivity contribution in [1.82, 2.24) is 10.2 Å². The monoisotopic (exact) mass is 238 g/mol. The Hall–Kier alpha value is -0.0800. The normalized spacial score (nSPS) is 35.6. The van der Waals surface area contributed by atoms with Gasteiger partial charge < -0.3 is 10.2 Å². The minimum atomic E-state index is 0.460. The molecule has 2 heteroatoms. The van der Waals surface area contributed by atoms with E-state index in [1.54, 1.807) is 0 Å². The van der Waals surface area contributed by atoms with Crippen molar-refractivity contribution in [3.63, 3.8) is 0 Å². The van der Waals surface area contributed by atoms with Crippen LogP contribution in [0.5, 0.6) is 0 Å². The molecule has 2 fully saturated rings. The lowest BCUT2D eigenvalue weighted by molar-refractivity contribution is 0.129. The van der Waals surface area contributed by atoms with E-state index < -0.39 is 0 Å². The minimum Gasteiger partial charge on any atom is -0.311 e. The van der Waals surface area contributed by atoms with Crippen LogP contribution in [0.2, 0.25) is 0 Å². The van der Waals surface area contributed by atoms with Crippen LogP contribution in [0.25, 0.3) is 0 Å². The second kappa shape index (κ2) is 5.71. The summed E-state index contributed by atoms with van der Waals surface area (Å²) in [6.07, 6.45) is 7.04. The van der Waals surface area contributed by atoms with Gasteiger partial charge in [0.05, 0.1) is 0 Å². The molecule has 2 atom stereocenters. The van der Waals surface area contributed by atoms with Gasteiger partial charge in [0.2, 0.25) is 0 Å². The molecule has 17 heavy (non-hydrogen) atoms. The number of nitrogens with one attached hydrogen (secondary N) is 1. The van der Waals surface area contributed by atoms with Crippen molar-refractivity contribution in [3.05, 3.63) is 0 Å². The summed E-state index contributed by atoms with van der Waals surface area (Å²) in [4.78, 5) is 2.64. The topological polar surface area (TPSA) is 15.3 Å². The molecule has 100 valence electrons. The van der Waals surface area contributed by atoms with Crippen molar-refractivity contribution in [2.45, 2.75) is 58.4 Å². The van der Waals surface area contributed by atoms with Crippen molar-refractivity contribution in [3.8, 4) is 0 Å². The second-order valence-electron chi connectivity index (χ2n) is 6.45. The zero-order valence-electron chi connectivity index (χ0n) is 12.0. The van der Waals surface area contributed by atoms with E-state index in [4.69, 9.17) is 0 Å². The Morgan fingerprint density at radius 1 is 1.35 bits per heavy atom. The summed E-state index contributed by atoms with van der Waals surface area (Å²) < 4.78 is 0. The molecular weight excluding hydrogens is 208 g/mol. The first-order chi connectivity index (χ1) is 8.16. The number of nitrogens with zero attached hydrogens (tertiary/aromatic N) is 1. The van der Waals surface area contributed by atoms with E-state index >= 15 is 0 Å². The summed E-state index contributed by atoms with van der Waals surface area (Å²) in [5, 5.41) is 3.83. The molecule has 2 aliphatic heterocycles. The Morgan fingerprint density at radius 2 is 2.18 bits per heavy atom. The highest BCUT2D eigenvalue weighted by Crippen LogP contribution is 2.36. The van der Waals surface area contributed by atoms with Gasteiger partial charge in [0.1, 0.15) is 0 Å². The van der Waals surface area contributed by atoms with Crippen molar-refractivity contribution >= 4 is 0 Å². The van der Waals surface area contributed by atoms with E-state index in [1.165, 1.54) is 58.3 Å². The lowest BCUT2D eigenvalue weighted by Crippen LogP contribution is -2.48. The average Bonchev–Trinajstić information content (AvgIpc) is 2.79. The molecule has 0 aromatic rings. The average molecular weight is 238 g/mol. The maximum Gasteiger partial charge on any atom is 0.0208 e. The van der Waals surface area contributed by atoms with Gasteiger partial charge in [0.25, 0.3) is 0 Å². The largest absolute Gasteiger partial charge is 0.311 e. The smallest absolute Gasteiger partial charge is 0.0208 e. The third kappa shape index (κ3) is 3.03. The first-order valence-corrected chi connectivity index (χ1v) is 7.63. The molecule has 2 unspecified atom stereocenters. The zero-order chi connectivity index (χ0) is 12.3. The van der Waals surface area contributed by atoms with Crippen molar-refractivity contribution in [2.24, 2.45) is 11.8 Å². The Bertz CT molecular complexity index is 231. The summed E-state index contributed by atoms with van der Waals surface area (Å²) in [7, 11) is 0. The molecule has 0 aliphatic carbocycles. The van der Waals surface area contributed by atoms with E-state index in [0.717, 1.165) is 11.8 Å². The van der Waals surface area contributed by atoms with Crippen LogP contribution in [0.1, 0.15) is 52.9 Å². The molecule has 0 bridgehead atoms. The van der Waals surface area contributed by atoms with E-state index in [2.05, 4.69) is 31.0 Å². The van der Waals surface area contributed by atoms with Crippen LogP contribution in [0.3, 0.4) is 0 Å². The van der Waals surface area contributed by atoms with Gasteiger partial charge in [-0.2, -0.15) is 0 Å². The highest BCUT2D eigenvalue weighted by molar-refractivity contribution is 4.97. The lowest BCUT2D eigenvalue weighted by atomic mass is 9.75. The molecule has 0 amide bonds. The third-order valence-electron chi connectivity index (χ3n) is 5.09. The van der Waals surface area contributed by atoms with Crippen LogP contribution in [0, 0.1) is 11.8 Å². The van der Waals surface area contributed by atoms with Gasteiger partial charge in [-0.25, -0.2) is 0 Å². The molecule has 0 saturated carbocycles. The summed E-state index contributed by atoms with van der Waals surface area (Å²) in [5.74, 6) is 1.71. The Balaban J connectivity index is 1.93. The fourth-order valence-electron chi connectivity index (χ4n) is 3.85. The third-order valence-corrected chi connectivity index (χ3v) is 5.09. The number of rotatable bonds is 4. The Labute approximate surface area is 107 Å². The van der Waals surface area contributed by atoms with Gasteiger partial charge in [-0.05, 0) is 63.6 Å². The first kappa shape index (κ1) is 13.4. The molecule has 0 aromatic carbocycles. The highest BCUT2D eigenvalue weighted by Gasteiger charge is 2.39. The standard InChI is InChI=1S/C15H30N2/c1-4-17-10-5-7-14(12-17)11-15(13(2)3)8-6-9-16-15/h13-14,16H,4-12H2,1-3H3. The van der Waals surface area contributed by atoms with Crippen LogP contribution < -0.4 is 5.32 Å². The molecule has 0 radical (unpaired) electrons. The summed E-state index contributed by atoms with van der Waals surface area (Å²) in [6, 6.07) is 0. The van der Waals surface area contributed by atoms with E-state index in [1.807, 2.05) is 0 Å². The molecule has 2 heterocycles. The summed E-state index contributed by atoms with van der Waals surface area (Å²) in [5.41, 5.74) is 0.460. The number of piperidine rings is 1. The predicted molar refractivity (Wildman–Crippen MR) is 74.3 cm³/mol. The van der Waals surface area contributed by atoms with E-state index in [9.17, 15) is 0 Å². The van der Waals surface area contributed by atoms with Gasteiger partial charge in [-0.15, -0.1) is 0 Å². The summed E-state index contributed by atoms with van der Waals surface area (Å²) in [6.45, 7) is 12.2. The van der Waals surface area contributed by atoms with Crippen LogP contribution in [0.15, 0.2) is 0 Å². The predicted octanol–water partition coefficient (Wildman–Crippen LogP) is 2.89. The fourth-order valence-corrected chi connectivity index (χ4v) is 3.85. The maximum absolute atomic E-state index is 3.83. The van der Waals surface area contributed by atoms with Crippen molar-refractivity contribution in [2.75, 3.05) is 26.2 Å². The molecule has 1 N–H and O–H groups in total. The van der Waals surface area contributed by atoms with Gasteiger partial charge in [0, 0.05) is 12.1 Å².